The molecule has 2 aliphatic heterocycles. The molecule has 0 bridgehead atoms. The minimum atomic E-state index is -0.883. The molecule has 1 aromatic rings. The van der Waals surface area contributed by atoms with Crippen molar-refractivity contribution >= 4 is 5.78 Å². The summed E-state index contributed by atoms with van der Waals surface area (Å²) in [5, 5.41) is 12.4. The van der Waals surface area contributed by atoms with E-state index in [1.807, 2.05) is 0 Å². The number of allylic oxidation sites excluding steroid dienone is 1. The molecular weight excluding hydrogens is 516 g/mol. The van der Waals surface area contributed by atoms with Crippen LogP contribution >= 0.6 is 0 Å². The maximum absolute atomic E-state index is 13.4. The molecule has 6 heteroatoms. The topological polar surface area (TPSA) is 74.2 Å². The van der Waals surface area contributed by atoms with Crippen molar-refractivity contribution in [2.75, 3.05) is 19.8 Å². The number of hydrogen-bond donors (Lipinski definition) is 1. The normalized spacial score (nSPS) is 42.1. The van der Waals surface area contributed by atoms with Crippen molar-refractivity contribution in [2.45, 2.75) is 116 Å². The monoisotopic (exact) mass is 564 g/mol. The Morgan fingerprint density at radius 3 is 2.24 bits per heavy atom. The highest BCUT2D eigenvalue weighted by atomic mass is 17.2. The van der Waals surface area contributed by atoms with Gasteiger partial charge in [-0.2, -0.15) is 0 Å². The van der Waals surface area contributed by atoms with Crippen molar-refractivity contribution in [1.29, 1.82) is 0 Å². The summed E-state index contributed by atoms with van der Waals surface area (Å²) in [5.74, 6) is 1.27. The van der Waals surface area contributed by atoms with Crippen molar-refractivity contribution in [2.24, 2.45) is 28.1 Å². The van der Waals surface area contributed by atoms with E-state index in [-0.39, 0.29) is 28.5 Å². The first kappa shape index (κ1) is 28.2. The van der Waals surface area contributed by atoms with Gasteiger partial charge in [0.05, 0.1) is 25.4 Å². The minimum Gasteiger partial charge on any atom is -0.385 e. The lowest BCUT2D eigenvalue weighted by Crippen LogP contribution is -2.56. The van der Waals surface area contributed by atoms with E-state index in [1.54, 1.807) is 0 Å². The molecule has 6 atom stereocenters. The molecule has 0 amide bonds. The number of benzene rings is 1. The fraction of sp³-hybridized carbons (Fsp3) is 0.743. The van der Waals surface area contributed by atoms with Gasteiger partial charge in [0.25, 0.3) is 0 Å². The standard InChI is InChI=1S/C35H48O6/c1-31(2)17-34(41-40-21-31)14-13-27-29-24(12-15-35(27,37)18-34)26-10-11-28(36)33(26,5)16-25(29)22-6-8-23(9-7-22)30-38-19-32(3,4)20-39-30/h6-9,24-26,30,37H,10-21H2,1-5H3/t24-,25+,26-,33+,34?,35+/m0/s1. The van der Waals surface area contributed by atoms with Crippen molar-refractivity contribution in [3.63, 3.8) is 0 Å². The smallest absolute Gasteiger partial charge is 0.183 e. The average molecular weight is 565 g/mol. The largest absolute Gasteiger partial charge is 0.385 e. The maximum Gasteiger partial charge on any atom is 0.183 e. The lowest BCUT2D eigenvalue weighted by Gasteiger charge is -2.57. The van der Waals surface area contributed by atoms with Crippen molar-refractivity contribution in [3.8, 4) is 0 Å². The SMILES string of the molecule is CC1(C)COC(c2ccc([C@H]3C[C@@]4(C)C(=O)CC[C@H]4[C@@H]4CC[C@@]5(O)CC6(CCC5=C43)CC(C)(C)COO6)cc2)OC1. The van der Waals surface area contributed by atoms with Crippen LogP contribution in [0.4, 0.5) is 0 Å². The summed E-state index contributed by atoms with van der Waals surface area (Å²) in [6, 6.07) is 8.73. The fourth-order valence-corrected chi connectivity index (χ4v) is 9.72. The number of Topliss-reactive ketones (excluding diaryl/α,β-unsaturated/α-hetero) is 1. The Hall–Kier alpha value is -1.57. The quantitative estimate of drug-likeness (QED) is 0.309. The van der Waals surface area contributed by atoms with Gasteiger partial charge in [0.2, 0.25) is 0 Å². The van der Waals surface area contributed by atoms with Crippen LogP contribution in [0.1, 0.15) is 116 Å². The number of ketones is 1. The molecule has 41 heavy (non-hydrogen) atoms. The van der Waals surface area contributed by atoms with Gasteiger partial charge in [0.15, 0.2) is 6.29 Å². The van der Waals surface area contributed by atoms with Crippen LogP contribution < -0.4 is 0 Å². The molecule has 1 aromatic carbocycles. The summed E-state index contributed by atoms with van der Waals surface area (Å²) < 4.78 is 12.1. The highest BCUT2D eigenvalue weighted by Crippen LogP contribution is 2.65. The van der Waals surface area contributed by atoms with E-state index < -0.39 is 11.2 Å². The Balaban J connectivity index is 1.25. The summed E-state index contributed by atoms with van der Waals surface area (Å²) >= 11 is 0. The molecule has 7 rings (SSSR count). The first-order valence-corrected chi connectivity index (χ1v) is 16.0. The molecule has 1 spiro atoms. The second-order valence-corrected chi connectivity index (χ2v) is 16.2. The third-order valence-electron chi connectivity index (χ3n) is 11.6. The van der Waals surface area contributed by atoms with Crippen LogP contribution in [-0.2, 0) is 24.0 Å². The Bertz CT molecular complexity index is 1240. The summed E-state index contributed by atoms with van der Waals surface area (Å²) in [4.78, 5) is 25.1. The van der Waals surface area contributed by atoms with E-state index in [0.29, 0.717) is 50.3 Å². The number of carbonyl (C=O) groups is 1. The van der Waals surface area contributed by atoms with Gasteiger partial charge in [-0.05, 0) is 73.3 Å². The van der Waals surface area contributed by atoms with E-state index in [2.05, 4.69) is 58.9 Å². The maximum atomic E-state index is 13.4. The zero-order valence-electron chi connectivity index (χ0n) is 25.6. The Morgan fingerprint density at radius 2 is 1.54 bits per heavy atom. The van der Waals surface area contributed by atoms with Crippen LogP contribution in [0.25, 0.3) is 0 Å². The van der Waals surface area contributed by atoms with Gasteiger partial charge >= 0.3 is 0 Å². The van der Waals surface area contributed by atoms with E-state index in [0.717, 1.165) is 50.5 Å². The number of carbonyl (C=O) groups excluding carboxylic acids is 1. The Morgan fingerprint density at radius 1 is 0.829 bits per heavy atom. The third kappa shape index (κ3) is 4.68. The molecule has 2 saturated heterocycles. The summed E-state index contributed by atoms with van der Waals surface area (Å²) in [6.45, 7) is 12.9. The van der Waals surface area contributed by atoms with Crippen LogP contribution in [-0.4, -0.2) is 41.9 Å². The molecule has 6 aliphatic rings. The van der Waals surface area contributed by atoms with Gasteiger partial charge in [-0.3, -0.25) is 4.79 Å². The Labute approximate surface area is 245 Å². The second kappa shape index (κ2) is 9.46. The molecule has 1 unspecified atom stereocenters. The summed E-state index contributed by atoms with van der Waals surface area (Å²) in [6.07, 6.45) is 6.99. The molecule has 0 aromatic heterocycles. The third-order valence-corrected chi connectivity index (χ3v) is 11.6. The zero-order valence-corrected chi connectivity index (χ0v) is 25.6. The molecule has 224 valence electrons. The first-order chi connectivity index (χ1) is 19.3. The zero-order chi connectivity index (χ0) is 28.8. The van der Waals surface area contributed by atoms with E-state index in [4.69, 9.17) is 19.2 Å². The molecular formula is C35H48O6. The molecule has 0 radical (unpaired) electrons. The molecule has 4 aliphatic carbocycles. The van der Waals surface area contributed by atoms with Gasteiger partial charge in [0, 0.05) is 35.2 Å². The molecule has 5 fully saturated rings. The Kier molecular flexibility index (Phi) is 6.51. The van der Waals surface area contributed by atoms with Gasteiger partial charge in [-0.1, -0.05) is 64.5 Å². The van der Waals surface area contributed by atoms with Gasteiger partial charge in [-0.25, -0.2) is 9.78 Å². The number of hydrogen-bond acceptors (Lipinski definition) is 6. The lowest BCUT2D eigenvalue weighted by molar-refractivity contribution is -0.414. The lowest BCUT2D eigenvalue weighted by atomic mass is 9.50. The highest BCUT2D eigenvalue weighted by Gasteiger charge is 2.61. The van der Waals surface area contributed by atoms with E-state index in [1.165, 1.54) is 16.7 Å². The van der Waals surface area contributed by atoms with Crippen LogP contribution in [0.15, 0.2) is 35.4 Å². The molecule has 3 saturated carbocycles. The van der Waals surface area contributed by atoms with Crippen molar-refractivity contribution in [1.82, 2.24) is 0 Å². The van der Waals surface area contributed by atoms with Crippen molar-refractivity contribution < 1.29 is 29.1 Å². The number of fused-ring (bicyclic) bond motifs is 4. The minimum absolute atomic E-state index is 0.0269. The van der Waals surface area contributed by atoms with E-state index in [9.17, 15) is 9.90 Å². The van der Waals surface area contributed by atoms with Crippen molar-refractivity contribution in [3.05, 3.63) is 46.5 Å². The van der Waals surface area contributed by atoms with Crippen LogP contribution in [0.2, 0.25) is 0 Å². The summed E-state index contributed by atoms with van der Waals surface area (Å²) in [7, 11) is 0. The van der Waals surface area contributed by atoms with Crippen LogP contribution in [0.5, 0.6) is 0 Å². The fourth-order valence-electron chi connectivity index (χ4n) is 9.72. The number of ether oxygens (including phenoxy) is 2. The number of rotatable bonds is 2. The second-order valence-electron chi connectivity index (χ2n) is 16.2. The number of aliphatic hydroxyl groups is 1. The summed E-state index contributed by atoms with van der Waals surface area (Å²) in [5.41, 5.74) is 3.38. The predicted molar refractivity (Wildman–Crippen MR) is 155 cm³/mol. The van der Waals surface area contributed by atoms with Gasteiger partial charge < -0.3 is 14.6 Å². The van der Waals surface area contributed by atoms with Gasteiger partial charge in [0.1, 0.15) is 11.4 Å². The molecule has 1 N–H and O–H groups in total. The average Bonchev–Trinajstić information content (AvgIpc) is 3.21. The first-order valence-electron chi connectivity index (χ1n) is 16.0. The van der Waals surface area contributed by atoms with Crippen LogP contribution in [0.3, 0.4) is 0 Å². The highest BCUT2D eigenvalue weighted by molar-refractivity contribution is 5.87. The predicted octanol–water partition coefficient (Wildman–Crippen LogP) is 6.97. The molecule has 6 nitrogen and oxygen atoms in total. The van der Waals surface area contributed by atoms with Crippen LogP contribution in [0, 0.1) is 28.1 Å². The van der Waals surface area contributed by atoms with Gasteiger partial charge in [-0.15, -0.1) is 0 Å². The van der Waals surface area contributed by atoms with E-state index >= 15 is 0 Å². The molecule has 2 heterocycles.